The zero-order valence-corrected chi connectivity index (χ0v) is 16.0. The van der Waals surface area contributed by atoms with Crippen LogP contribution in [0.2, 0.25) is 0 Å². The fourth-order valence-corrected chi connectivity index (χ4v) is 3.61. The normalized spacial score (nSPS) is 15.1. The molecule has 1 aliphatic heterocycles. The Kier molecular flexibility index (Phi) is 5.95. The van der Waals surface area contributed by atoms with Crippen molar-refractivity contribution in [3.8, 4) is 0 Å². The van der Waals surface area contributed by atoms with Gasteiger partial charge in [-0.05, 0) is 17.2 Å². The van der Waals surface area contributed by atoms with E-state index in [1.807, 2.05) is 47.5 Å². The summed E-state index contributed by atoms with van der Waals surface area (Å²) in [4.78, 5) is 21.2. The van der Waals surface area contributed by atoms with Gasteiger partial charge in [0.1, 0.15) is 6.61 Å². The van der Waals surface area contributed by atoms with Crippen LogP contribution >= 0.6 is 0 Å². The molecule has 144 valence electrons. The summed E-state index contributed by atoms with van der Waals surface area (Å²) < 4.78 is 5.59. The van der Waals surface area contributed by atoms with Gasteiger partial charge in [0, 0.05) is 44.3 Å². The van der Waals surface area contributed by atoms with E-state index in [1.165, 1.54) is 10.9 Å². The summed E-state index contributed by atoms with van der Waals surface area (Å²) in [5.41, 5.74) is 3.39. The molecule has 3 aromatic rings. The lowest BCUT2D eigenvalue weighted by atomic mass is 10.1. The number of ether oxygens (including phenoxy) is 1. The second-order valence-corrected chi connectivity index (χ2v) is 7.13. The van der Waals surface area contributed by atoms with Crippen molar-refractivity contribution in [3.05, 3.63) is 78.0 Å². The number of amides is 1. The number of para-hydroxylation sites is 1. The number of aromatic nitrogens is 1. The number of hydrogen-bond donors (Lipinski definition) is 0. The molecule has 4 rings (SSSR count). The first-order valence-electron chi connectivity index (χ1n) is 9.74. The zero-order valence-electron chi connectivity index (χ0n) is 16.0. The lowest BCUT2D eigenvalue weighted by Crippen LogP contribution is -2.49. The van der Waals surface area contributed by atoms with E-state index < -0.39 is 0 Å². The van der Waals surface area contributed by atoms with Crippen molar-refractivity contribution in [3.63, 3.8) is 0 Å². The molecule has 2 aromatic carbocycles. The summed E-state index contributed by atoms with van der Waals surface area (Å²) >= 11 is 0. The largest absolute Gasteiger partial charge is 0.367 e. The van der Waals surface area contributed by atoms with Gasteiger partial charge in [0.05, 0.1) is 12.1 Å². The van der Waals surface area contributed by atoms with Crippen LogP contribution in [0.4, 0.5) is 0 Å². The monoisotopic (exact) mass is 375 g/mol. The molecule has 0 N–H and O–H groups in total. The van der Waals surface area contributed by atoms with Crippen molar-refractivity contribution in [2.45, 2.75) is 13.2 Å². The lowest BCUT2D eigenvalue weighted by Gasteiger charge is -2.34. The maximum Gasteiger partial charge on any atom is 0.248 e. The molecular weight excluding hydrogens is 350 g/mol. The molecule has 1 amide bonds. The maximum atomic E-state index is 12.4. The number of hydrogen-bond acceptors (Lipinski definition) is 4. The zero-order chi connectivity index (χ0) is 19.2. The number of benzene rings is 2. The first-order valence-corrected chi connectivity index (χ1v) is 9.74. The van der Waals surface area contributed by atoms with E-state index in [4.69, 9.17) is 4.74 Å². The minimum atomic E-state index is 0.0717. The van der Waals surface area contributed by atoms with Crippen LogP contribution in [0.5, 0.6) is 0 Å². The molecule has 2 heterocycles. The third-order valence-electron chi connectivity index (χ3n) is 5.17. The van der Waals surface area contributed by atoms with Gasteiger partial charge in [-0.2, -0.15) is 0 Å². The summed E-state index contributed by atoms with van der Waals surface area (Å²) in [6, 6.07) is 20.3. The number of piperazine rings is 1. The van der Waals surface area contributed by atoms with Crippen LogP contribution in [0.3, 0.4) is 0 Å². The van der Waals surface area contributed by atoms with E-state index >= 15 is 0 Å². The smallest absolute Gasteiger partial charge is 0.248 e. The summed E-state index contributed by atoms with van der Waals surface area (Å²) in [5.74, 6) is 0.0717. The van der Waals surface area contributed by atoms with E-state index in [9.17, 15) is 4.79 Å². The highest BCUT2D eigenvalue weighted by atomic mass is 16.5. The number of nitrogens with zero attached hydrogens (tertiary/aromatic N) is 3. The first kappa shape index (κ1) is 18.6. The highest BCUT2D eigenvalue weighted by Crippen LogP contribution is 2.18. The van der Waals surface area contributed by atoms with Crippen LogP contribution in [-0.2, 0) is 22.7 Å². The predicted octanol–water partition coefficient (Wildman–Crippen LogP) is 3.10. The van der Waals surface area contributed by atoms with Gasteiger partial charge in [0.2, 0.25) is 5.91 Å². The van der Waals surface area contributed by atoms with Gasteiger partial charge < -0.3 is 9.64 Å². The molecule has 28 heavy (non-hydrogen) atoms. The Morgan fingerprint density at radius 1 is 0.929 bits per heavy atom. The van der Waals surface area contributed by atoms with Crippen LogP contribution < -0.4 is 0 Å². The summed E-state index contributed by atoms with van der Waals surface area (Å²) in [6.45, 7) is 4.70. The topological polar surface area (TPSA) is 45.7 Å². The number of carbonyl (C=O) groups is 1. The molecule has 0 atom stereocenters. The Morgan fingerprint density at radius 2 is 1.71 bits per heavy atom. The van der Waals surface area contributed by atoms with Crippen LogP contribution in [0.25, 0.3) is 10.9 Å². The van der Waals surface area contributed by atoms with Crippen molar-refractivity contribution in [2.75, 3.05) is 32.8 Å². The van der Waals surface area contributed by atoms with Crippen molar-refractivity contribution in [1.29, 1.82) is 0 Å². The van der Waals surface area contributed by atoms with Gasteiger partial charge in [-0.25, -0.2) is 0 Å². The Hall–Kier alpha value is -2.76. The van der Waals surface area contributed by atoms with Gasteiger partial charge in [-0.3, -0.25) is 14.7 Å². The fourth-order valence-electron chi connectivity index (χ4n) is 3.61. The molecule has 0 spiro atoms. The molecular formula is C23H25N3O2. The van der Waals surface area contributed by atoms with Crippen molar-refractivity contribution >= 4 is 16.8 Å². The summed E-state index contributed by atoms with van der Waals surface area (Å²) in [5, 5.41) is 1.17. The predicted molar refractivity (Wildman–Crippen MR) is 110 cm³/mol. The van der Waals surface area contributed by atoms with Gasteiger partial charge >= 0.3 is 0 Å². The second kappa shape index (κ2) is 8.95. The standard InChI is InChI=1S/C23H25N3O2/c27-22(18-28-17-19-6-2-1-3-7-19)26-14-12-25(13-15-26)16-21-9-4-8-20-10-5-11-24-23(20)21/h1-11H,12-18H2. The third kappa shape index (κ3) is 4.55. The lowest BCUT2D eigenvalue weighted by molar-refractivity contribution is -0.138. The quantitative estimate of drug-likeness (QED) is 0.664. The molecule has 0 radical (unpaired) electrons. The SMILES string of the molecule is O=C(COCc1ccccc1)N1CCN(Cc2cccc3cccnc23)CC1. The fraction of sp³-hybridized carbons (Fsp3) is 0.304. The number of fused-ring (bicyclic) bond motifs is 1. The van der Waals surface area contributed by atoms with Gasteiger partial charge in [-0.15, -0.1) is 0 Å². The van der Waals surface area contributed by atoms with E-state index in [0.29, 0.717) is 6.61 Å². The number of pyridine rings is 1. The van der Waals surface area contributed by atoms with E-state index in [2.05, 4.69) is 34.1 Å². The Bertz CT molecular complexity index is 916. The molecule has 1 fully saturated rings. The second-order valence-electron chi connectivity index (χ2n) is 7.13. The molecule has 1 aliphatic rings. The van der Waals surface area contributed by atoms with Gasteiger partial charge in [0.25, 0.3) is 0 Å². The molecule has 0 unspecified atom stereocenters. The highest BCUT2D eigenvalue weighted by Gasteiger charge is 2.21. The molecule has 0 saturated carbocycles. The highest BCUT2D eigenvalue weighted by molar-refractivity contribution is 5.81. The maximum absolute atomic E-state index is 12.4. The van der Waals surface area contributed by atoms with Gasteiger partial charge in [-0.1, -0.05) is 54.6 Å². The Labute approximate surface area is 165 Å². The Morgan fingerprint density at radius 3 is 2.54 bits per heavy atom. The molecule has 5 heteroatoms. The van der Waals surface area contributed by atoms with Crippen LogP contribution in [-0.4, -0.2) is 53.5 Å². The van der Waals surface area contributed by atoms with E-state index in [1.54, 1.807) is 0 Å². The summed E-state index contributed by atoms with van der Waals surface area (Å²) in [6.07, 6.45) is 1.85. The average molecular weight is 375 g/mol. The molecule has 0 bridgehead atoms. The molecule has 1 aromatic heterocycles. The van der Waals surface area contributed by atoms with Crippen molar-refractivity contribution in [1.82, 2.24) is 14.8 Å². The number of carbonyl (C=O) groups excluding carboxylic acids is 1. The molecule has 5 nitrogen and oxygen atoms in total. The van der Waals surface area contributed by atoms with E-state index in [0.717, 1.165) is 43.8 Å². The van der Waals surface area contributed by atoms with E-state index in [-0.39, 0.29) is 12.5 Å². The Balaban J connectivity index is 1.25. The average Bonchev–Trinajstić information content (AvgIpc) is 2.75. The molecule has 0 aliphatic carbocycles. The number of rotatable bonds is 6. The van der Waals surface area contributed by atoms with Crippen molar-refractivity contribution in [2.24, 2.45) is 0 Å². The van der Waals surface area contributed by atoms with Crippen LogP contribution in [0.1, 0.15) is 11.1 Å². The minimum Gasteiger partial charge on any atom is -0.367 e. The first-order chi connectivity index (χ1) is 13.8. The molecule has 1 saturated heterocycles. The van der Waals surface area contributed by atoms with Crippen LogP contribution in [0, 0.1) is 0 Å². The minimum absolute atomic E-state index is 0.0717. The van der Waals surface area contributed by atoms with Gasteiger partial charge in [0.15, 0.2) is 0 Å². The summed E-state index contributed by atoms with van der Waals surface area (Å²) in [7, 11) is 0. The third-order valence-corrected chi connectivity index (χ3v) is 5.17. The van der Waals surface area contributed by atoms with Crippen molar-refractivity contribution < 1.29 is 9.53 Å². The van der Waals surface area contributed by atoms with Crippen LogP contribution in [0.15, 0.2) is 66.9 Å².